The van der Waals surface area contributed by atoms with Gasteiger partial charge in [0.2, 0.25) is 10.0 Å². The van der Waals surface area contributed by atoms with Crippen LogP contribution in [0.2, 0.25) is 0 Å². The van der Waals surface area contributed by atoms with Gasteiger partial charge in [-0.25, -0.2) is 8.42 Å². The highest BCUT2D eigenvalue weighted by Crippen LogP contribution is 2.49. The monoisotopic (exact) mass is 421 g/mol. The third kappa shape index (κ3) is 4.31. The van der Waals surface area contributed by atoms with Crippen LogP contribution in [0.5, 0.6) is 0 Å². The van der Waals surface area contributed by atoms with Gasteiger partial charge in [-0.1, -0.05) is 37.6 Å². The molecule has 4 atom stereocenters. The van der Waals surface area contributed by atoms with Gasteiger partial charge in [-0.05, 0) is 44.7 Å². The first kappa shape index (κ1) is 22.5. The Morgan fingerprint density at radius 2 is 1.97 bits per heavy atom. The van der Waals surface area contributed by atoms with Crippen molar-refractivity contribution < 1.29 is 17.9 Å². The van der Waals surface area contributed by atoms with Crippen LogP contribution in [-0.4, -0.2) is 49.7 Å². The standard InChI is InChI=1S/C23H35NO4S/c1-7-12-23-15-19(27-6)14-22(5,28-23)16-24(21(23)13-17(2)3)29(25,26)20-10-8-18(4)9-11-20/h7-11,17,19,21H,1,12-16H2,2-6H3/t19-,21-,22+,23-/m0/s1. The van der Waals surface area contributed by atoms with Gasteiger partial charge in [-0.3, -0.25) is 0 Å². The molecule has 1 aromatic rings. The summed E-state index contributed by atoms with van der Waals surface area (Å²) in [5.41, 5.74) is -0.178. The van der Waals surface area contributed by atoms with Crippen molar-refractivity contribution in [3.63, 3.8) is 0 Å². The lowest BCUT2D eigenvalue weighted by Gasteiger charge is -2.60. The van der Waals surface area contributed by atoms with Gasteiger partial charge in [-0.15, -0.1) is 6.58 Å². The third-order valence-electron chi connectivity index (χ3n) is 6.27. The first-order valence-electron chi connectivity index (χ1n) is 10.5. The van der Waals surface area contributed by atoms with Crippen molar-refractivity contribution in [1.29, 1.82) is 0 Å². The predicted molar refractivity (Wildman–Crippen MR) is 115 cm³/mol. The molecule has 1 aromatic carbocycles. The van der Waals surface area contributed by atoms with E-state index in [4.69, 9.17) is 9.47 Å². The van der Waals surface area contributed by atoms with Crippen LogP contribution in [0.1, 0.15) is 52.0 Å². The van der Waals surface area contributed by atoms with Gasteiger partial charge in [0, 0.05) is 26.5 Å². The molecule has 2 bridgehead atoms. The van der Waals surface area contributed by atoms with Crippen LogP contribution < -0.4 is 0 Å². The molecule has 0 spiro atoms. The van der Waals surface area contributed by atoms with Gasteiger partial charge in [-0.2, -0.15) is 4.31 Å². The lowest BCUT2D eigenvalue weighted by molar-refractivity contribution is -0.266. The molecule has 2 saturated heterocycles. The number of methoxy groups -OCH3 is 1. The van der Waals surface area contributed by atoms with Gasteiger partial charge in [0.15, 0.2) is 0 Å². The highest BCUT2D eigenvalue weighted by molar-refractivity contribution is 7.89. The first-order valence-corrected chi connectivity index (χ1v) is 11.9. The van der Waals surface area contributed by atoms with E-state index < -0.39 is 21.2 Å². The third-order valence-corrected chi connectivity index (χ3v) is 8.14. The number of fused-ring (bicyclic) bond motifs is 2. The van der Waals surface area contributed by atoms with E-state index in [1.165, 1.54) is 0 Å². The summed E-state index contributed by atoms with van der Waals surface area (Å²) >= 11 is 0. The van der Waals surface area contributed by atoms with Crippen molar-refractivity contribution in [3.05, 3.63) is 42.5 Å². The van der Waals surface area contributed by atoms with Crippen LogP contribution in [0.4, 0.5) is 0 Å². The molecule has 3 rings (SSSR count). The minimum absolute atomic E-state index is 0.0487. The normalized spacial score (nSPS) is 33.0. The highest BCUT2D eigenvalue weighted by atomic mass is 32.2. The summed E-state index contributed by atoms with van der Waals surface area (Å²) in [6, 6.07) is 6.87. The van der Waals surface area contributed by atoms with E-state index >= 15 is 0 Å². The second kappa shape index (κ2) is 8.14. The Morgan fingerprint density at radius 3 is 2.52 bits per heavy atom. The molecule has 0 unspecified atom stereocenters. The Hall–Kier alpha value is -1.21. The molecule has 0 aliphatic carbocycles. The number of hydrogen-bond acceptors (Lipinski definition) is 4. The van der Waals surface area contributed by atoms with Crippen molar-refractivity contribution in [2.75, 3.05) is 13.7 Å². The molecule has 162 valence electrons. The van der Waals surface area contributed by atoms with E-state index in [2.05, 4.69) is 20.4 Å². The summed E-state index contributed by atoms with van der Waals surface area (Å²) in [4.78, 5) is 0.345. The zero-order valence-corrected chi connectivity index (χ0v) is 19.2. The molecule has 5 nitrogen and oxygen atoms in total. The summed E-state index contributed by atoms with van der Waals surface area (Å²) < 4.78 is 41.7. The van der Waals surface area contributed by atoms with Crippen LogP contribution in [0.15, 0.2) is 41.8 Å². The van der Waals surface area contributed by atoms with Crippen molar-refractivity contribution in [2.45, 2.75) is 81.6 Å². The Balaban J connectivity index is 2.12. The number of rotatable bonds is 7. The van der Waals surface area contributed by atoms with E-state index in [0.717, 1.165) is 12.0 Å². The van der Waals surface area contributed by atoms with Crippen molar-refractivity contribution >= 4 is 10.0 Å². The lowest BCUT2D eigenvalue weighted by Crippen LogP contribution is -2.71. The molecule has 2 heterocycles. The Morgan fingerprint density at radius 1 is 1.31 bits per heavy atom. The topological polar surface area (TPSA) is 55.8 Å². The number of benzene rings is 1. The van der Waals surface area contributed by atoms with E-state index in [9.17, 15) is 8.42 Å². The predicted octanol–water partition coefficient (Wildman–Crippen LogP) is 4.31. The molecule has 2 fully saturated rings. The molecule has 0 aromatic heterocycles. The van der Waals surface area contributed by atoms with Crippen molar-refractivity contribution in [2.24, 2.45) is 5.92 Å². The molecule has 2 aliphatic heterocycles. The van der Waals surface area contributed by atoms with Gasteiger partial charge in [0.1, 0.15) is 0 Å². The number of sulfonamides is 1. The summed E-state index contributed by atoms with van der Waals surface area (Å²) in [6.45, 7) is 12.5. The molecule has 6 heteroatoms. The first-order chi connectivity index (χ1) is 13.5. The van der Waals surface area contributed by atoms with Crippen LogP contribution in [-0.2, 0) is 19.5 Å². The van der Waals surface area contributed by atoms with E-state index in [1.54, 1.807) is 23.5 Å². The minimum Gasteiger partial charge on any atom is -0.381 e. The molecular formula is C23H35NO4S. The fourth-order valence-electron chi connectivity index (χ4n) is 5.07. The highest BCUT2D eigenvalue weighted by Gasteiger charge is 2.59. The Labute approximate surface area is 176 Å². The van der Waals surface area contributed by atoms with Crippen LogP contribution in [0, 0.1) is 12.8 Å². The molecule has 0 amide bonds. The zero-order valence-electron chi connectivity index (χ0n) is 18.3. The lowest BCUT2D eigenvalue weighted by atomic mass is 9.73. The van der Waals surface area contributed by atoms with Gasteiger partial charge in [0.25, 0.3) is 0 Å². The molecule has 29 heavy (non-hydrogen) atoms. The number of morpholine rings is 1. The number of ether oxygens (including phenoxy) is 2. The van der Waals surface area contributed by atoms with Crippen LogP contribution >= 0.6 is 0 Å². The summed E-state index contributed by atoms with van der Waals surface area (Å²) in [7, 11) is -1.93. The van der Waals surface area contributed by atoms with Crippen LogP contribution in [0.25, 0.3) is 0 Å². The van der Waals surface area contributed by atoms with E-state index in [1.807, 2.05) is 32.1 Å². The SMILES string of the molecule is C=CC[C@]12C[C@@H](OC)C[C@](C)(CN(S(=O)(=O)c3ccc(C)cc3)[C@H]1CC(C)C)O2. The largest absolute Gasteiger partial charge is 0.381 e. The maximum Gasteiger partial charge on any atom is 0.243 e. The smallest absolute Gasteiger partial charge is 0.243 e. The maximum absolute atomic E-state index is 13.8. The second-order valence-corrected chi connectivity index (χ2v) is 11.3. The van der Waals surface area contributed by atoms with Gasteiger partial charge < -0.3 is 9.47 Å². The Kier molecular flexibility index (Phi) is 6.31. The molecule has 2 aliphatic rings. The molecule has 0 saturated carbocycles. The molecule has 0 N–H and O–H groups in total. The van der Waals surface area contributed by atoms with Crippen LogP contribution in [0.3, 0.4) is 0 Å². The van der Waals surface area contributed by atoms with E-state index in [-0.39, 0.29) is 12.1 Å². The van der Waals surface area contributed by atoms with Gasteiger partial charge in [0.05, 0.1) is 28.2 Å². The number of hydrogen-bond donors (Lipinski definition) is 0. The minimum atomic E-state index is -3.66. The summed E-state index contributed by atoms with van der Waals surface area (Å²) in [5, 5.41) is 0. The zero-order chi connectivity index (χ0) is 21.4. The molecular weight excluding hydrogens is 386 g/mol. The van der Waals surface area contributed by atoms with Crippen molar-refractivity contribution in [3.8, 4) is 0 Å². The summed E-state index contributed by atoms with van der Waals surface area (Å²) in [6.07, 6.45) is 4.57. The van der Waals surface area contributed by atoms with Crippen molar-refractivity contribution in [1.82, 2.24) is 4.31 Å². The molecule has 0 radical (unpaired) electrons. The second-order valence-electron chi connectivity index (χ2n) is 9.38. The maximum atomic E-state index is 13.8. The average molecular weight is 422 g/mol. The average Bonchev–Trinajstić information content (AvgIpc) is 2.63. The quantitative estimate of drug-likeness (QED) is 0.616. The number of nitrogens with zero attached hydrogens (tertiary/aromatic N) is 1. The number of aryl methyl sites for hydroxylation is 1. The fraction of sp³-hybridized carbons (Fsp3) is 0.652. The van der Waals surface area contributed by atoms with E-state index in [0.29, 0.717) is 36.6 Å². The Bertz CT molecular complexity index is 835. The fourth-order valence-corrected chi connectivity index (χ4v) is 6.87. The summed E-state index contributed by atoms with van der Waals surface area (Å²) in [5.74, 6) is 0.327. The van der Waals surface area contributed by atoms with Gasteiger partial charge >= 0.3 is 0 Å².